The molecule has 3 radical (unpaired) electrons. The molecule has 0 heterocycles. The first-order valence-corrected chi connectivity index (χ1v) is 0. The van der Waals surface area contributed by atoms with Gasteiger partial charge in [0.05, 0.1) is 0 Å². The molecular formula is H30Cr3Cu3O18. The van der Waals surface area contributed by atoms with Crippen molar-refractivity contribution in [2.75, 3.05) is 0 Å². The molecule has 18 nitrogen and oxygen atoms in total. The van der Waals surface area contributed by atoms with Crippen molar-refractivity contribution in [3.05, 3.63) is 0 Å². The maximum Gasteiger partial charge on any atom is 2.00 e. The first-order chi connectivity index (χ1) is 0. The molecule has 0 bridgehead atoms. The maximum absolute atomic E-state index is 0. The van der Waals surface area contributed by atoms with Crippen LogP contribution < -0.4 is 0 Å². The van der Waals surface area contributed by atoms with Gasteiger partial charge in [0.15, 0.2) is 0 Å². The Kier molecular flexibility index (Phi) is 307000. The summed E-state index contributed by atoms with van der Waals surface area (Å²) in [6.45, 7) is 0. The van der Waals surface area contributed by atoms with Crippen LogP contribution >= 0.6 is 0 Å². The van der Waals surface area contributed by atoms with E-state index in [0.29, 0.717) is 0 Å². The van der Waals surface area contributed by atoms with E-state index in [1.165, 1.54) is 0 Å². The van der Waals surface area contributed by atoms with E-state index in [0.717, 1.165) is 0 Å². The monoisotopic (exact) mass is 663 g/mol. The molecule has 0 aromatic rings. The standard InChI is InChI=1S/3Cr.3Cu.18H2O/h;;;;;;18*1H2/q;;;3*+2;;;;;;;;;;;;;;;;;;/p-6. The van der Waals surface area contributed by atoms with Crippen LogP contribution in [0.15, 0.2) is 0 Å². The Morgan fingerprint density at radius 1 is 0.167 bits per heavy atom. The molecule has 30 N–H and O–H groups in total. The van der Waals surface area contributed by atoms with Gasteiger partial charge in [0, 0.05) is 52.1 Å². The molecule has 0 aliphatic carbocycles. The average molecular weight is 665 g/mol. The molecule has 24 heavy (non-hydrogen) atoms. The minimum absolute atomic E-state index is 0. The Balaban J connectivity index is 0. The molecule has 0 fully saturated rings. The molecule has 0 aromatic heterocycles. The third kappa shape index (κ3) is 2260. The first-order valence-electron chi connectivity index (χ1n) is 0. The van der Waals surface area contributed by atoms with Crippen LogP contribution in [0.3, 0.4) is 0 Å². The van der Waals surface area contributed by atoms with Gasteiger partial charge in [-0.05, 0) is 0 Å². The zero-order valence-corrected chi connectivity index (χ0v) is 17.5. The van der Waals surface area contributed by atoms with Gasteiger partial charge in [-0.15, -0.1) is 0 Å². The van der Waals surface area contributed by atoms with Crippen molar-refractivity contribution < 1.29 is 202 Å². The fraction of sp³-hybridized carbons (Fsp3) is 0. The predicted molar refractivity (Wildman–Crippen MR) is 55.0 cm³/mol. The average Bonchev–Trinajstić information content (AvgIpc) is 0. The maximum atomic E-state index is 0. The molecule has 0 aliphatic rings. The van der Waals surface area contributed by atoms with E-state index < -0.39 is 0 Å². The van der Waals surface area contributed by atoms with E-state index in [-0.39, 0.29) is 202 Å². The van der Waals surface area contributed by atoms with Gasteiger partial charge in [0.25, 0.3) is 0 Å². The van der Waals surface area contributed by atoms with E-state index in [1.54, 1.807) is 0 Å². The molecule has 0 saturated heterocycles. The van der Waals surface area contributed by atoms with Crippen LogP contribution in [0.2, 0.25) is 0 Å². The van der Waals surface area contributed by atoms with Crippen molar-refractivity contribution in [3.63, 3.8) is 0 Å². The van der Waals surface area contributed by atoms with E-state index in [2.05, 4.69) is 0 Å². The SMILES string of the molecule is O.O.O.O.O.O.O.O.O.O.O.O.[Cr].[Cr].[Cr].[Cu+2].[Cu+2].[Cu+2].[OH-].[OH-].[OH-].[OH-].[OH-].[OH-]. The number of hydrogen-bond donors (Lipinski definition) is 0. The van der Waals surface area contributed by atoms with Crippen molar-refractivity contribution >= 4 is 0 Å². The van der Waals surface area contributed by atoms with Gasteiger partial charge in [-0.2, -0.15) is 0 Å². The first kappa shape index (κ1) is 2880. The second-order valence-corrected chi connectivity index (χ2v) is 0. The summed E-state index contributed by atoms with van der Waals surface area (Å²) in [6, 6.07) is 0. The van der Waals surface area contributed by atoms with Crippen LogP contribution in [0.5, 0.6) is 0 Å². The topological polar surface area (TPSA) is 558 Å². The zero-order chi connectivity index (χ0) is 0. The minimum Gasteiger partial charge on any atom is -0.870 e. The fourth-order valence-corrected chi connectivity index (χ4v) is 0. The van der Waals surface area contributed by atoms with E-state index in [4.69, 9.17) is 0 Å². The molecule has 0 aliphatic heterocycles. The summed E-state index contributed by atoms with van der Waals surface area (Å²) < 4.78 is 0. The third-order valence-corrected chi connectivity index (χ3v) is 0. The molecule has 0 amide bonds. The minimum atomic E-state index is 0. The van der Waals surface area contributed by atoms with E-state index >= 15 is 0 Å². The van der Waals surface area contributed by atoms with Crippen LogP contribution in [-0.4, -0.2) is 98.6 Å². The molecule has 0 atom stereocenters. The molecule has 0 rings (SSSR count). The van der Waals surface area contributed by atoms with Gasteiger partial charge in [-0.1, -0.05) is 0 Å². The fourth-order valence-electron chi connectivity index (χ4n) is 0. The Labute approximate surface area is 200 Å². The molecule has 24 heteroatoms. The summed E-state index contributed by atoms with van der Waals surface area (Å²) in [4.78, 5) is 0. The van der Waals surface area contributed by atoms with Crippen LogP contribution in [0.25, 0.3) is 0 Å². The Bertz CT molecular complexity index is 25.5. The van der Waals surface area contributed by atoms with E-state index in [9.17, 15) is 0 Å². The van der Waals surface area contributed by atoms with Crippen molar-refractivity contribution in [2.45, 2.75) is 0 Å². The zero-order valence-electron chi connectivity index (χ0n) is 10.8. The summed E-state index contributed by atoms with van der Waals surface area (Å²) in [7, 11) is 0. The quantitative estimate of drug-likeness (QED) is 0.226. The third-order valence-electron chi connectivity index (χ3n) is 0. The van der Waals surface area contributed by atoms with Crippen LogP contribution in [0.1, 0.15) is 0 Å². The van der Waals surface area contributed by atoms with Gasteiger partial charge in [-0.25, -0.2) is 0 Å². The Morgan fingerprint density at radius 3 is 0.167 bits per heavy atom. The summed E-state index contributed by atoms with van der Waals surface area (Å²) >= 11 is 0. The predicted octanol–water partition coefficient (Wildman–Crippen LogP) is -11.0. The second kappa shape index (κ2) is 2560. The van der Waals surface area contributed by atoms with Gasteiger partial charge < -0.3 is 98.6 Å². The molecule has 0 aromatic carbocycles. The van der Waals surface area contributed by atoms with Crippen LogP contribution in [0, 0.1) is 0 Å². The van der Waals surface area contributed by atoms with Gasteiger partial charge in [0.2, 0.25) is 0 Å². The molecule has 0 unspecified atom stereocenters. The smallest absolute Gasteiger partial charge is 0.870 e. The summed E-state index contributed by atoms with van der Waals surface area (Å²) in [5, 5.41) is 0. The van der Waals surface area contributed by atoms with Gasteiger partial charge in [0.1, 0.15) is 0 Å². The van der Waals surface area contributed by atoms with Crippen LogP contribution in [-0.2, 0) is 103 Å². The molecule has 189 valence electrons. The van der Waals surface area contributed by atoms with Crippen molar-refractivity contribution in [1.29, 1.82) is 0 Å². The van der Waals surface area contributed by atoms with Gasteiger partial charge in [-0.3, -0.25) is 0 Å². The Hall–Kier alpha value is 2.44. The second-order valence-electron chi connectivity index (χ2n) is 0. The Morgan fingerprint density at radius 2 is 0.167 bits per heavy atom. The van der Waals surface area contributed by atoms with E-state index in [1.807, 2.05) is 0 Å². The molecule has 0 saturated carbocycles. The molecular weight excluding hydrogens is 635 g/mol. The van der Waals surface area contributed by atoms with Gasteiger partial charge >= 0.3 is 51.2 Å². The van der Waals surface area contributed by atoms with Crippen molar-refractivity contribution in [1.82, 2.24) is 0 Å². The summed E-state index contributed by atoms with van der Waals surface area (Å²) in [5.41, 5.74) is 0. The largest absolute Gasteiger partial charge is 2.00 e. The van der Waals surface area contributed by atoms with Crippen molar-refractivity contribution in [3.8, 4) is 0 Å². The number of hydrogen-bond acceptors (Lipinski definition) is 6. The summed E-state index contributed by atoms with van der Waals surface area (Å²) in [6.07, 6.45) is 0. The number of rotatable bonds is 0. The van der Waals surface area contributed by atoms with Crippen LogP contribution in [0.4, 0.5) is 0 Å². The summed E-state index contributed by atoms with van der Waals surface area (Å²) in [5.74, 6) is 0. The molecule has 0 spiro atoms. The normalized spacial score (nSPS) is 0. The van der Waals surface area contributed by atoms with Crippen molar-refractivity contribution in [2.24, 2.45) is 0 Å².